The Morgan fingerprint density at radius 2 is 1.94 bits per heavy atom. The summed E-state index contributed by atoms with van der Waals surface area (Å²) in [6.45, 7) is 0. The zero-order chi connectivity index (χ0) is 12.4. The van der Waals surface area contributed by atoms with Gasteiger partial charge in [0.2, 0.25) is 5.89 Å². The lowest BCUT2D eigenvalue weighted by atomic mass is 10.2. The van der Waals surface area contributed by atoms with E-state index < -0.39 is 0 Å². The maximum absolute atomic E-state index is 5.42. The molecule has 0 aliphatic carbocycles. The summed E-state index contributed by atoms with van der Waals surface area (Å²) < 4.78 is 6.21. The van der Waals surface area contributed by atoms with Gasteiger partial charge in [0.15, 0.2) is 0 Å². The fourth-order valence-corrected chi connectivity index (χ4v) is 1.78. The summed E-state index contributed by atoms with van der Waals surface area (Å²) in [7, 11) is 0. The number of oxazole rings is 1. The summed E-state index contributed by atoms with van der Waals surface area (Å²) in [5.41, 5.74) is 2.37. The van der Waals surface area contributed by atoms with Crippen LogP contribution in [0.15, 0.2) is 58.0 Å². The van der Waals surface area contributed by atoms with Gasteiger partial charge in [-0.1, -0.05) is 6.07 Å². The van der Waals surface area contributed by atoms with Crippen molar-refractivity contribution >= 4 is 15.9 Å². The van der Waals surface area contributed by atoms with Crippen molar-refractivity contribution in [3.05, 3.63) is 53.6 Å². The Labute approximate surface area is 112 Å². The van der Waals surface area contributed by atoms with E-state index in [9.17, 15) is 0 Å². The van der Waals surface area contributed by atoms with Crippen molar-refractivity contribution in [3.8, 4) is 22.8 Å². The molecule has 3 aromatic heterocycles. The molecule has 5 heteroatoms. The molecule has 3 rings (SSSR count). The van der Waals surface area contributed by atoms with Crippen LogP contribution in [-0.4, -0.2) is 15.0 Å². The fourth-order valence-electron chi connectivity index (χ4n) is 1.54. The van der Waals surface area contributed by atoms with Gasteiger partial charge in [-0.05, 0) is 40.2 Å². The molecule has 0 radical (unpaired) electrons. The van der Waals surface area contributed by atoms with Gasteiger partial charge in [-0.25, -0.2) is 9.97 Å². The van der Waals surface area contributed by atoms with Gasteiger partial charge in [0, 0.05) is 18.0 Å². The number of aromatic nitrogens is 3. The number of hydrogen-bond acceptors (Lipinski definition) is 4. The molecule has 0 amide bonds. The molecule has 0 bridgehead atoms. The van der Waals surface area contributed by atoms with Gasteiger partial charge in [-0.3, -0.25) is 4.98 Å². The molecule has 0 aliphatic rings. The SMILES string of the molecule is Brc1ccc(-c2coc(-c3ccccn3)n2)cn1. The van der Waals surface area contributed by atoms with Crippen LogP contribution in [-0.2, 0) is 0 Å². The van der Waals surface area contributed by atoms with Crippen LogP contribution in [0.4, 0.5) is 0 Å². The van der Waals surface area contributed by atoms with E-state index in [0.29, 0.717) is 11.6 Å². The highest BCUT2D eigenvalue weighted by Gasteiger charge is 2.09. The maximum Gasteiger partial charge on any atom is 0.245 e. The summed E-state index contributed by atoms with van der Waals surface area (Å²) >= 11 is 3.29. The number of rotatable bonds is 2. The van der Waals surface area contributed by atoms with Crippen LogP contribution < -0.4 is 0 Å². The minimum Gasteiger partial charge on any atom is -0.443 e. The molecule has 4 nitrogen and oxygen atoms in total. The van der Waals surface area contributed by atoms with Crippen LogP contribution in [0.3, 0.4) is 0 Å². The van der Waals surface area contributed by atoms with Crippen molar-refractivity contribution in [2.75, 3.05) is 0 Å². The third-order valence-electron chi connectivity index (χ3n) is 2.41. The van der Waals surface area contributed by atoms with Gasteiger partial charge in [-0.15, -0.1) is 0 Å². The molecule has 0 atom stereocenters. The van der Waals surface area contributed by atoms with E-state index in [0.717, 1.165) is 15.9 Å². The number of hydrogen-bond donors (Lipinski definition) is 0. The number of pyridine rings is 2. The molecule has 0 spiro atoms. The molecular weight excluding hydrogens is 294 g/mol. The van der Waals surface area contributed by atoms with Gasteiger partial charge in [-0.2, -0.15) is 0 Å². The van der Waals surface area contributed by atoms with E-state index in [-0.39, 0.29) is 0 Å². The molecule has 3 heterocycles. The Bertz CT molecular complexity index is 650. The second-order valence-electron chi connectivity index (χ2n) is 3.62. The molecule has 88 valence electrons. The van der Waals surface area contributed by atoms with Gasteiger partial charge < -0.3 is 4.42 Å². The van der Waals surface area contributed by atoms with Crippen LogP contribution in [0.5, 0.6) is 0 Å². The highest BCUT2D eigenvalue weighted by atomic mass is 79.9. The fraction of sp³-hybridized carbons (Fsp3) is 0. The largest absolute Gasteiger partial charge is 0.443 e. The Morgan fingerprint density at radius 1 is 1.00 bits per heavy atom. The van der Waals surface area contributed by atoms with E-state index in [1.165, 1.54) is 0 Å². The van der Waals surface area contributed by atoms with Crippen molar-refractivity contribution in [3.63, 3.8) is 0 Å². The molecule has 18 heavy (non-hydrogen) atoms. The molecule has 0 N–H and O–H groups in total. The number of halogens is 1. The Hall–Kier alpha value is -2.01. The van der Waals surface area contributed by atoms with Gasteiger partial charge in [0.05, 0.1) is 0 Å². The highest BCUT2D eigenvalue weighted by molar-refractivity contribution is 9.10. The lowest BCUT2D eigenvalue weighted by Gasteiger charge is -1.94. The molecule has 0 saturated carbocycles. The molecule has 0 aliphatic heterocycles. The standard InChI is InChI=1S/C13H8BrN3O/c14-12-5-4-9(7-16-12)11-8-18-13(17-11)10-3-1-2-6-15-10/h1-8H. The first kappa shape index (κ1) is 11.1. The Kier molecular flexibility index (Phi) is 2.90. The third-order valence-corrected chi connectivity index (χ3v) is 2.88. The first-order valence-electron chi connectivity index (χ1n) is 5.32. The number of nitrogens with zero attached hydrogens (tertiary/aromatic N) is 3. The van der Waals surface area contributed by atoms with Gasteiger partial charge >= 0.3 is 0 Å². The van der Waals surface area contributed by atoms with Gasteiger partial charge in [0.25, 0.3) is 0 Å². The molecular formula is C13H8BrN3O. The molecule has 3 aromatic rings. The summed E-state index contributed by atoms with van der Waals surface area (Å²) in [6, 6.07) is 9.40. The summed E-state index contributed by atoms with van der Waals surface area (Å²) in [4.78, 5) is 12.7. The summed E-state index contributed by atoms with van der Waals surface area (Å²) in [6.07, 6.45) is 5.06. The average Bonchev–Trinajstić information content (AvgIpc) is 2.90. The van der Waals surface area contributed by atoms with Crippen LogP contribution in [0.2, 0.25) is 0 Å². The van der Waals surface area contributed by atoms with Gasteiger partial charge in [0.1, 0.15) is 22.3 Å². The Morgan fingerprint density at radius 3 is 2.67 bits per heavy atom. The van der Waals surface area contributed by atoms with Crippen molar-refractivity contribution in [1.82, 2.24) is 15.0 Å². The normalized spacial score (nSPS) is 10.5. The third kappa shape index (κ3) is 2.17. The van der Waals surface area contributed by atoms with Crippen LogP contribution in [0.1, 0.15) is 0 Å². The quantitative estimate of drug-likeness (QED) is 0.679. The zero-order valence-electron chi connectivity index (χ0n) is 9.25. The van der Waals surface area contributed by atoms with Crippen molar-refractivity contribution in [1.29, 1.82) is 0 Å². The minimum atomic E-state index is 0.508. The summed E-state index contributed by atoms with van der Waals surface area (Å²) in [5.74, 6) is 0.508. The minimum absolute atomic E-state index is 0.508. The van der Waals surface area contributed by atoms with E-state index in [1.54, 1.807) is 18.7 Å². The topological polar surface area (TPSA) is 51.8 Å². The van der Waals surface area contributed by atoms with Crippen molar-refractivity contribution in [2.45, 2.75) is 0 Å². The maximum atomic E-state index is 5.42. The highest BCUT2D eigenvalue weighted by Crippen LogP contribution is 2.23. The van der Waals surface area contributed by atoms with E-state index >= 15 is 0 Å². The summed E-state index contributed by atoms with van der Waals surface area (Å²) in [5, 5.41) is 0. The second-order valence-corrected chi connectivity index (χ2v) is 4.43. The predicted octanol–water partition coefficient (Wildman–Crippen LogP) is 3.56. The molecule has 0 aromatic carbocycles. The van der Waals surface area contributed by atoms with Crippen molar-refractivity contribution < 1.29 is 4.42 Å². The zero-order valence-corrected chi connectivity index (χ0v) is 10.8. The van der Waals surface area contributed by atoms with Crippen LogP contribution >= 0.6 is 15.9 Å². The second kappa shape index (κ2) is 4.70. The van der Waals surface area contributed by atoms with E-state index in [4.69, 9.17) is 4.42 Å². The van der Waals surface area contributed by atoms with E-state index in [1.807, 2.05) is 30.3 Å². The molecule has 0 fully saturated rings. The Balaban J connectivity index is 1.97. The average molecular weight is 302 g/mol. The van der Waals surface area contributed by atoms with Crippen LogP contribution in [0, 0.1) is 0 Å². The smallest absolute Gasteiger partial charge is 0.245 e. The van der Waals surface area contributed by atoms with E-state index in [2.05, 4.69) is 30.9 Å². The monoisotopic (exact) mass is 301 g/mol. The van der Waals surface area contributed by atoms with Crippen molar-refractivity contribution in [2.24, 2.45) is 0 Å². The lowest BCUT2D eigenvalue weighted by Crippen LogP contribution is -1.83. The first-order valence-corrected chi connectivity index (χ1v) is 6.11. The predicted molar refractivity (Wildman–Crippen MR) is 70.7 cm³/mol. The lowest BCUT2D eigenvalue weighted by molar-refractivity contribution is 0.572. The molecule has 0 saturated heterocycles. The van der Waals surface area contributed by atoms with Crippen LogP contribution in [0.25, 0.3) is 22.8 Å². The molecule has 0 unspecified atom stereocenters. The first-order chi connectivity index (χ1) is 8.83.